The second kappa shape index (κ2) is 8.29. The van der Waals surface area contributed by atoms with Crippen LogP contribution >= 0.6 is 0 Å². The summed E-state index contributed by atoms with van der Waals surface area (Å²) in [6, 6.07) is 8.77. The molecule has 10 heteroatoms. The summed E-state index contributed by atoms with van der Waals surface area (Å²) in [5, 5.41) is 9.38. The first-order valence-corrected chi connectivity index (χ1v) is 9.66. The van der Waals surface area contributed by atoms with E-state index in [9.17, 15) is 22.8 Å². The second-order valence-corrected chi connectivity index (χ2v) is 7.24. The first-order chi connectivity index (χ1) is 14.8. The third-order valence-electron chi connectivity index (χ3n) is 5.09. The van der Waals surface area contributed by atoms with Crippen molar-refractivity contribution in [1.29, 1.82) is 0 Å². The molecule has 1 saturated heterocycles. The summed E-state index contributed by atoms with van der Waals surface area (Å²) in [5.41, 5.74) is -0.0295. The van der Waals surface area contributed by atoms with Crippen LogP contribution in [0.15, 0.2) is 53.1 Å². The number of likely N-dealkylation sites (tertiary alicyclic amines) is 1. The quantitative estimate of drug-likeness (QED) is 0.620. The first kappa shape index (κ1) is 20.7. The standard InChI is InChI=1S/C21H19F3N4O3/c22-21(23,24)14-5-1-4-13(10-14)17(12-28-8-2-7-19(28)29)25-20(30)16-11-15(26-27-16)18-6-3-9-31-18/h1,3-6,9-11,17H,2,7-8,12H2,(H,25,30)(H,26,27)/t17-/m0/s1. The van der Waals surface area contributed by atoms with Crippen molar-refractivity contribution in [1.82, 2.24) is 20.4 Å². The molecule has 3 aromatic rings. The number of furan rings is 1. The lowest BCUT2D eigenvalue weighted by Crippen LogP contribution is -2.38. The van der Waals surface area contributed by atoms with Crippen LogP contribution in [0.3, 0.4) is 0 Å². The van der Waals surface area contributed by atoms with Crippen molar-refractivity contribution in [2.24, 2.45) is 0 Å². The van der Waals surface area contributed by atoms with Crippen LogP contribution < -0.4 is 5.32 Å². The third-order valence-corrected chi connectivity index (χ3v) is 5.09. The van der Waals surface area contributed by atoms with Crippen LogP contribution in [0.5, 0.6) is 0 Å². The van der Waals surface area contributed by atoms with Crippen molar-refractivity contribution < 1.29 is 27.2 Å². The molecule has 4 rings (SSSR count). The van der Waals surface area contributed by atoms with E-state index in [4.69, 9.17) is 4.42 Å². The number of benzene rings is 1. The van der Waals surface area contributed by atoms with Gasteiger partial charge in [0, 0.05) is 25.6 Å². The molecule has 1 aliphatic rings. The van der Waals surface area contributed by atoms with E-state index < -0.39 is 23.7 Å². The number of halogens is 3. The number of amides is 2. The van der Waals surface area contributed by atoms with Crippen molar-refractivity contribution in [2.45, 2.75) is 25.1 Å². The molecule has 31 heavy (non-hydrogen) atoms. The number of aromatic nitrogens is 2. The van der Waals surface area contributed by atoms with E-state index in [1.807, 2.05) is 0 Å². The van der Waals surface area contributed by atoms with Crippen LogP contribution in [0.25, 0.3) is 11.5 Å². The molecule has 3 heterocycles. The summed E-state index contributed by atoms with van der Waals surface area (Å²) in [4.78, 5) is 26.4. The van der Waals surface area contributed by atoms with Crippen molar-refractivity contribution in [3.8, 4) is 11.5 Å². The number of nitrogens with one attached hydrogen (secondary N) is 2. The van der Waals surface area contributed by atoms with Gasteiger partial charge in [0.25, 0.3) is 5.91 Å². The third kappa shape index (κ3) is 4.62. The molecule has 2 amide bonds. The van der Waals surface area contributed by atoms with Gasteiger partial charge in [-0.3, -0.25) is 14.7 Å². The van der Waals surface area contributed by atoms with Gasteiger partial charge in [-0.05, 0) is 36.2 Å². The van der Waals surface area contributed by atoms with Gasteiger partial charge < -0.3 is 14.6 Å². The van der Waals surface area contributed by atoms with Gasteiger partial charge in [-0.25, -0.2) is 0 Å². The Morgan fingerprint density at radius 3 is 2.77 bits per heavy atom. The molecule has 0 radical (unpaired) electrons. The first-order valence-electron chi connectivity index (χ1n) is 9.66. The molecule has 0 aliphatic carbocycles. The van der Waals surface area contributed by atoms with E-state index in [1.54, 1.807) is 17.0 Å². The molecule has 0 bridgehead atoms. The highest BCUT2D eigenvalue weighted by molar-refractivity contribution is 5.93. The Labute approximate surface area is 175 Å². The number of alkyl halides is 3. The number of nitrogens with zero attached hydrogens (tertiary/aromatic N) is 2. The average molecular weight is 432 g/mol. The van der Waals surface area contributed by atoms with Crippen molar-refractivity contribution >= 4 is 11.8 Å². The minimum atomic E-state index is -4.52. The van der Waals surface area contributed by atoms with Crippen LogP contribution in [0.1, 0.15) is 40.5 Å². The molecule has 0 spiro atoms. The van der Waals surface area contributed by atoms with E-state index in [-0.39, 0.29) is 23.7 Å². The SMILES string of the molecule is O=C(N[C@@H](CN1CCCC1=O)c1cccc(C(F)(F)F)c1)c1cc(-c2ccco2)[nH]n1. The number of hydrogen-bond acceptors (Lipinski definition) is 4. The van der Waals surface area contributed by atoms with Crippen LogP contribution in [0.4, 0.5) is 13.2 Å². The van der Waals surface area contributed by atoms with Gasteiger partial charge in [-0.1, -0.05) is 12.1 Å². The molecule has 2 aromatic heterocycles. The second-order valence-electron chi connectivity index (χ2n) is 7.24. The summed E-state index contributed by atoms with van der Waals surface area (Å²) >= 11 is 0. The van der Waals surface area contributed by atoms with Crippen molar-refractivity contribution in [2.75, 3.05) is 13.1 Å². The summed E-state index contributed by atoms with van der Waals surface area (Å²) in [6.07, 6.45) is -1.98. The van der Waals surface area contributed by atoms with Crippen LogP contribution in [0.2, 0.25) is 0 Å². The fourth-order valence-corrected chi connectivity index (χ4v) is 3.51. The van der Waals surface area contributed by atoms with E-state index in [0.29, 0.717) is 30.8 Å². The van der Waals surface area contributed by atoms with Crippen LogP contribution in [-0.4, -0.2) is 40.0 Å². The highest BCUT2D eigenvalue weighted by Gasteiger charge is 2.32. The van der Waals surface area contributed by atoms with Gasteiger partial charge >= 0.3 is 6.18 Å². The molecular weight excluding hydrogens is 413 g/mol. The Morgan fingerprint density at radius 2 is 2.10 bits per heavy atom. The Hall–Kier alpha value is -3.56. The summed E-state index contributed by atoms with van der Waals surface area (Å²) in [6.45, 7) is 0.566. The fourth-order valence-electron chi connectivity index (χ4n) is 3.51. The minimum absolute atomic E-state index is 0.0520. The number of rotatable bonds is 6. The highest BCUT2D eigenvalue weighted by Crippen LogP contribution is 2.31. The maximum Gasteiger partial charge on any atom is 0.416 e. The van der Waals surface area contributed by atoms with Crippen LogP contribution in [0, 0.1) is 0 Å². The van der Waals surface area contributed by atoms with Crippen LogP contribution in [-0.2, 0) is 11.0 Å². The Bertz CT molecular complexity index is 1080. The number of carbonyl (C=O) groups excluding carboxylic acids is 2. The zero-order chi connectivity index (χ0) is 22.0. The van der Waals surface area contributed by atoms with Gasteiger partial charge in [0.05, 0.1) is 17.9 Å². The lowest BCUT2D eigenvalue weighted by Gasteiger charge is -2.25. The number of aromatic amines is 1. The molecule has 0 unspecified atom stereocenters. The average Bonchev–Trinajstić information content (AvgIpc) is 3.49. The van der Waals surface area contributed by atoms with E-state index in [2.05, 4.69) is 15.5 Å². The van der Waals surface area contributed by atoms with Gasteiger partial charge in [0.2, 0.25) is 5.91 Å². The zero-order valence-electron chi connectivity index (χ0n) is 16.3. The number of carbonyl (C=O) groups is 2. The van der Waals surface area contributed by atoms with E-state index >= 15 is 0 Å². The maximum absolute atomic E-state index is 13.2. The van der Waals surface area contributed by atoms with Gasteiger partial charge in [-0.15, -0.1) is 0 Å². The highest BCUT2D eigenvalue weighted by atomic mass is 19.4. The lowest BCUT2D eigenvalue weighted by molar-refractivity contribution is -0.137. The lowest BCUT2D eigenvalue weighted by atomic mass is 10.0. The minimum Gasteiger partial charge on any atom is -0.463 e. The molecule has 1 aromatic carbocycles. The monoisotopic (exact) mass is 432 g/mol. The smallest absolute Gasteiger partial charge is 0.416 e. The van der Waals surface area contributed by atoms with E-state index in [1.165, 1.54) is 24.5 Å². The summed E-state index contributed by atoms with van der Waals surface area (Å²) in [5.74, 6) is -0.183. The van der Waals surface area contributed by atoms with Gasteiger partial charge in [0.1, 0.15) is 5.69 Å². The molecule has 1 atom stereocenters. The van der Waals surface area contributed by atoms with Gasteiger partial charge in [0.15, 0.2) is 11.5 Å². The number of hydrogen-bond donors (Lipinski definition) is 2. The van der Waals surface area contributed by atoms with Crippen molar-refractivity contribution in [3.63, 3.8) is 0 Å². The molecule has 1 fully saturated rings. The van der Waals surface area contributed by atoms with E-state index in [0.717, 1.165) is 12.1 Å². The topological polar surface area (TPSA) is 91.2 Å². The molecule has 7 nitrogen and oxygen atoms in total. The van der Waals surface area contributed by atoms with Crippen molar-refractivity contribution in [3.05, 3.63) is 65.5 Å². The zero-order valence-corrected chi connectivity index (χ0v) is 16.3. The Kier molecular flexibility index (Phi) is 5.53. The number of H-pyrrole nitrogens is 1. The molecule has 2 N–H and O–H groups in total. The molecular formula is C21H19F3N4O3. The molecule has 1 aliphatic heterocycles. The largest absolute Gasteiger partial charge is 0.463 e. The molecule has 162 valence electrons. The maximum atomic E-state index is 13.2. The molecule has 0 saturated carbocycles. The fraction of sp³-hybridized carbons (Fsp3) is 0.286. The summed E-state index contributed by atoms with van der Waals surface area (Å²) in [7, 11) is 0. The summed E-state index contributed by atoms with van der Waals surface area (Å²) < 4.78 is 44.8. The predicted molar refractivity (Wildman–Crippen MR) is 104 cm³/mol. The Morgan fingerprint density at radius 1 is 1.26 bits per heavy atom. The Balaban J connectivity index is 1.58. The predicted octanol–water partition coefficient (Wildman–Crippen LogP) is 3.78. The normalized spacial score (nSPS) is 15.3. The van der Waals surface area contributed by atoms with Gasteiger partial charge in [-0.2, -0.15) is 18.3 Å².